The van der Waals surface area contributed by atoms with E-state index in [0.29, 0.717) is 19.3 Å². The Morgan fingerprint density at radius 1 is 1.15 bits per heavy atom. The third-order valence-electron chi connectivity index (χ3n) is 5.65. The van der Waals surface area contributed by atoms with Crippen molar-refractivity contribution in [2.24, 2.45) is 11.3 Å². The van der Waals surface area contributed by atoms with Crippen LogP contribution in [0.3, 0.4) is 0 Å². The van der Waals surface area contributed by atoms with E-state index in [-0.39, 0.29) is 24.3 Å². The second kappa shape index (κ2) is 11.5. The van der Waals surface area contributed by atoms with Gasteiger partial charge in [-0.25, -0.2) is 0 Å². The molecule has 3 amide bonds. The summed E-state index contributed by atoms with van der Waals surface area (Å²) in [6, 6.07) is 5.03. The fourth-order valence-electron chi connectivity index (χ4n) is 3.98. The van der Waals surface area contributed by atoms with E-state index in [1.54, 1.807) is 6.07 Å². The van der Waals surface area contributed by atoms with Gasteiger partial charge < -0.3 is 20.7 Å². The van der Waals surface area contributed by atoms with E-state index in [1.165, 1.54) is 24.3 Å². The highest BCUT2D eigenvalue weighted by Crippen LogP contribution is 2.37. The number of rotatable bonds is 10. The predicted molar refractivity (Wildman–Crippen MR) is 120 cm³/mol. The van der Waals surface area contributed by atoms with Gasteiger partial charge in [0, 0.05) is 18.9 Å². The lowest BCUT2D eigenvalue weighted by Gasteiger charge is -2.28. The van der Waals surface area contributed by atoms with Crippen LogP contribution in [0.4, 0.5) is 13.2 Å². The van der Waals surface area contributed by atoms with Crippen LogP contribution in [0.1, 0.15) is 57.9 Å². The molecule has 1 aromatic rings. The number of hydrogen-bond donors (Lipinski definition) is 3. The summed E-state index contributed by atoms with van der Waals surface area (Å²) in [7, 11) is 0. The van der Waals surface area contributed by atoms with Gasteiger partial charge in [0.2, 0.25) is 17.7 Å². The van der Waals surface area contributed by atoms with Crippen LogP contribution in [0.25, 0.3) is 0 Å². The maximum atomic E-state index is 13.6. The first-order chi connectivity index (χ1) is 15.8. The summed E-state index contributed by atoms with van der Waals surface area (Å²) in [4.78, 5) is 48.9. The molecule has 1 heterocycles. The van der Waals surface area contributed by atoms with Crippen LogP contribution in [0.2, 0.25) is 0 Å². The number of benzene rings is 1. The average molecular weight is 484 g/mol. The van der Waals surface area contributed by atoms with Crippen LogP contribution >= 0.6 is 0 Å². The van der Waals surface area contributed by atoms with E-state index in [9.17, 15) is 32.3 Å². The van der Waals surface area contributed by atoms with Crippen LogP contribution in [0.15, 0.2) is 30.3 Å². The van der Waals surface area contributed by atoms with Gasteiger partial charge >= 0.3 is 6.18 Å². The predicted octanol–water partition coefficient (Wildman–Crippen LogP) is 2.85. The summed E-state index contributed by atoms with van der Waals surface area (Å²) in [5, 5.41) is 7.62. The zero-order chi connectivity index (χ0) is 25.5. The standard InChI is InChI=1S/C24H32F3N3O4/c1-23(2,3)13-19(22(34)29-17(14-31)11-16-9-10-28-21(16)33)30-20(32)12-18(24(25,26)27)15-7-5-4-6-8-15/h4-8,14,16-19H,9-13H2,1-3H3,(H,28,33)(H,29,34)(H,30,32)/t16?,17?,18?,19-/m0/s1. The summed E-state index contributed by atoms with van der Waals surface area (Å²) in [5.74, 6) is -4.23. The van der Waals surface area contributed by atoms with Crippen molar-refractivity contribution in [3.63, 3.8) is 0 Å². The molecule has 1 aliphatic heterocycles. The Bertz CT molecular complexity index is 868. The topological polar surface area (TPSA) is 104 Å². The molecule has 0 bridgehead atoms. The fraction of sp³-hybridized carbons (Fsp3) is 0.583. The molecular weight excluding hydrogens is 451 g/mol. The lowest BCUT2D eigenvalue weighted by molar-refractivity contribution is -0.157. The number of halogens is 3. The minimum Gasteiger partial charge on any atom is -0.356 e. The summed E-state index contributed by atoms with van der Waals surface area (Å²) >= 11 is 0. The minimum atomic E-state index is -4.65. The SMILES string of the molecule is CC(C)(C)C[C@H](NC(=O)CC(c1ccccc1)C(F)(F)F)C(=O)NC(C=O)CC1CCNC1=O. The zero-order valence-corrected chi connectivity index (χ0v) is 19.6. The first-order valence-electron chi connectivity index (χ1n) is 11.2. The maximum absolute atomic E-state index is 13.6. The van der Waals surface area contributed by atoms with Crippen molar-refractivity contribution < 1.29 is 32.3 Å². The van der Waals surface area contributed by atoms with Gasteiger partial charge in [0.15, 0.2) is 0 Å². The Labute approximate surface area is 197 Å². The normalized spacial score (nSPS) is 19.0. The molecule has 34 heavy (non-hydrogen) atoms. The van der Waals surface area contributed by atoms with Crippen LogP contribution in [-0.2, 0) is 19.2 Å². The zero-order valence-electron chi connectivity index (χ0n) is 19.6. The first-order valence-corrected chi connectivity index (χ1v) is 11.2. The van der Waals surface area contributed by atoms with E-state index in [2.05, 4.69) is 16.0 Å². The molecule has 0 saturated carbocycles. The molecule has 0 aromatic heterocycles. The second-order valence-corrected chi connectivity index (χ2v) is 9.86. The van der Waals surface area contributed by atoms with Crippen molar-refractivity contribution in [2.75, 3.05) is 6.54 Å². The number of carbonyl (C=O) groups excluding carboxylic acids is 4. The van der Waals surface area contributed by atoms with Gasteiger partial charge in [0.05, 0.1) is 12.0 Å². The Morgan fingerprint density at radius 3 is 2.29 bits per heavy atom. The van der Waals surface area contributed by atoms with Crippen LogP contribution in [-0.4, -0.2) is 48.8 Å². The Kier molecular flexibility index (Phi) is 9.23. The van der Waals surface area contributed by atoms with Crippen LogP contribution < -0.4 is 16.0 Å². The maximum Gasteiger partial charge on any atom is 0.396 e. The Morgan fingerprint density at radius 2 is 1.79 bits per heavy atom. The van der Waals surface area contributed by atoms with Crippen molar-refractivity contribution in [1.29, 1.82) is 0 Å². The third-order valence-corrected chi connectivity index (χ3v) is 5.65. The van der Waals surface area contributed by atoms with Crippen molar-refractivity contribution in [3.05, 3.63) is 35.9 Å². The fourth-order valence-corrected chi connectivity index (χ4v) is 3.98. The number of carbonyl (C=O) groups is 4. The molecule has 2 rings (SSSR count). The molecule has 0 radical (unpaired) electrons. The molecule has 3 unspecified atom stereocenters. The van der Waals surface area contributed by atoms with Gasteiger partial charge in [-0.05, 0) is 30.2 Å². The number of nitrogens with one attached hydrogen (secondary N) is 3. The highest BCUT2D eigenvalue weighted by atomic mass is 19.4. The molecule has 188 valence electrons. The molecule has 0 aliphatic carbocycles. The minimum absolute atomic E-state index is 0.0437. The van der Waals surface area contributed by atoms with Gasteiger partial charge in [0.1, 0.15) is 12.3 Å². The van der Waals surface area contributed by atoms with Gasteiger partial charge in [-0.15, -0.1) is 0 Å². The van der Waals surface area contributed by atoms with E-state index in [0.717, 1.165) is 0 Å². The molecule has 10 heteroatoms. The summed E-state index contributed by atoms with van der Waals surface area (Å²) in [6.07, 6.45) is -4.21. The number of hydrogen-bond acceptors (Lipinski definition) is 4. The van der Waals surface area contributed by atoms with Crippen molar-refractivity contribution in [1.82, 2.24) is 16.0 Å². The molecule has 1 fully saturated rings. The molecular formula is C24H32F3N3O4. The second-order valence-electron chi connectivity index (χ2n) is 9.86. The molecule has 1 aromatic carbocycles. The van der Waals surface area contributed by atoms with E-state index in [4.69, 9.17) is 0 Å². The number of amides is 3. The molecule has 1 aliphatic rings. The molecule has 4 atom stereocenters. The van der Waals surface area contributed by atoms with Crippen LogP contribution in [0, 0.1) is 11.3 Å². The van der Waals surface area contributed by atoms with Gasteiger partial charge in [-0.2, -0.15) is 13.2 Å². The quantitative estimate of drug-likeness (QED) is 0.445. The number of alkyl halides is 3. The molecule has 7 nitrogen and oxygen atoms in total. The van der Waals surface area contributed by atoms with Gasteiger partial charge in [-0.1, -0.05) is 51.1 Å². The number of aldehydes is 1. The first kappa shape index (κ1) is 27.3. The van der Waals surface area contributed by atoms with Gasteiger partial charge in [-0.3, -0.25) is 14.4 Å². The Balaban J connectivity index is 2.11. The van der Waals surface area contributed by atoms with Crippen molar-refractivity contribution in [2.45, 2.75) is 70.6 Å². The lowest BCUT2D eigenvalue weighted by Crippen LogP contribution is -2.52. The molecule has 3 N–H and O–H groups in total. The molecule has 0 spiro atoms. The highest BCUT2D eigenvalue weighted by molar-refractivity contribution is 5.89. The largest absolute Gasteiger partial charge is 0.396 e. The smallest absolute Gasteiger partial charge is 0.356 e. The highest BCUT2D eigenvalue weighted by Gasteiger charge is 2.42. The summed E-state index contributed by atoms with van der Waals surface area (Å²) < 4.78 is 40.9. The summed E-state index contributed by atoms with van der Waals surface area (Å²) in [5.41, 5.74) is -0.488. The Hall–Kier alpha value is -2.91. The van der Waals surface area contributed by atoms with E-state index < -0.39 is 53.7 Å². The third kappa shape index (κ3) is 8.46. The molecule has 1 saturated heterocycles. The van der Waals surface area contributed by atoms with Crippen LogP contribution in [0.5, 0.6) is 0 Å². The van der Waals surface area contributed by atoms with E-state index in [1.807, 2.05) is 20.8 Å². The van der Waals surface area contributed by atoms with Gasteiger partial charge in [0.25, 0.3) is 0 Å². The van der Waals surface area contributed by atoms with Crippen molar-refractivity contribution in [3.8, 4) is 0 Å². The van der Waals surface area contributed by atoms with E-state index >= 15 is 0 Å². The average Bonchev–Trinajstić information content (AvgIpc) is 3.14. The lowest BCUT2D eigenvalue weighted by atomic mass is 9.87. The summed E-state index contributed by atoms with van der Waals surface area (Å²) in [6.45, 7) is 5.96. The monoisotopic (exact) mass is 483 g/mol. The van der Waals surface area contributed by atoms with Crippen molar-refractivity contribution >= 4 is 24.0 Å².